The van der Waals surface area contributed by atoms with Crippen LogP contribution in [0.3, 0.4) is 0 Å². The van der Waals surface area contributed by atoms with Crippen LogP contribution < -0.4 is 5.32 Å². The molecule has 21 heavy (non-hydrogen) atoms. The second-order valence-corrected chi connectivity index (χ2v) is 6.01. The molecule has 0 aromatic carbocycles. The molecular formula is C14H17N3O3S. The minimum absolute atomic E-state index is 0.119. The van der Waals surface area contributed by atoms with Crippen LogP contribution in [0.15, 0.2) is 28.2 Å². The summed E-state index contributed by atoms with van der Waals surface area (Å²) in [6, 6.07) is 3.76. The summed E-state index contributed by atoms with van der Waals surface area (Å²) in [5, 5.41) is 13.9. The number of hydrogen-bond acceptors (Lipinski definition) is 5. The molecule has 2 N–H and O–H groups in total. The summed E-state index contributed by atoms with van der Waals surface area (Å²) in [5.74, 6) is 0.781. The highest BCUT2D eigenvalue weighted by atomic mass is 32.1. The predicted molar refractivity (Wildman–Crippen MR) is 78.8 cm³/mol. The van der Waals surface area contributed by atoms with Crippen LogP contribution in [-0.4, -0.2) is 40.7 Å². The molecule has 1 atom stereocenters. The highest BCUT2D eigenvalue weighted by Crippen LogP contribution is 2.23. The zero-order chi connectivity index (χ0) is 14.7. The van der Waals surface area contributed by atoms with E-state index in [2.05, 4.69) is 10.3 Å². The van der Waals surface area contributed by atoms with Crippen LogP contribution in [0.25, 0.3) is 10.8 Å². The number of oxazole rings is 1. The normalized spacial score (nSPS) is 18.1. The molecule has 0 bridgehead atoms. The fourth-order valence-corrected chi connectivity index (χ4v) is 3.00. The van der Waals surface area contributed by atoms with Crippen molar-refractivity contribution < 1.29 is 14.3 Å². The van der Waals surface area contributed by atoms with Gasteiger partial charge in [-0.15, -0.1) is 11.3 Å². The van der Waals surface area contributed by atoms with Gasteiger partial charge in [-0.05, 0) is 17.9 Å². The average molecular weight is 307 g/mol. The van der Waals surface area contributed by atoms with Crippen LogP contribution in [0.1, 0.15) is 12.1 Å². The molecule has 2 amide bonds. The highest BCUT2D eigenvalue weighted by molar-refractivity contribution is 7.13. The van der Waals surface area contributed by atoms with Gasteiger partial charge in [0.15, 0.2) is 0 Å². The zero-order valence-corrected chi connectivity index (χ0v) is 12.3. The predicted octanol–water partition coefficient (Wildman–Crippen LogP) is 1.93. The molecule has 0 aliphatic carbocycles. The molecule has 1 unspecified atom stereocenters. The van der Waals surface area contributed by atoms with E-state index in [4.69, 9.17) is 9.52 Å². The number of nitrogens with zero attached hydrogens (tertiary/aromatic N) is 2. The molecule has 0 spiro atoms. The summed E-state index contributed by atoms with van der Waals surface area (Å²) in [6.45, 7) is 1.78. The van der Waals surface area contributed by atoms with Crippen molar-refractivity contribution >= 4 is 17.4 Å². The number of nitrogens with one attached hydrogen (secondary N) is 1. The van der Waals surface area contributed by atoms with Crippen LogP contribution in [0.5, 0.6) is 0 Å². The van der Waals surface area contributed by atoms with Gasteiger partial charge in [0.2, 0.25) is 5.89 Å². The Hall–Kier alpha value is -1.86. The first-order valence-corrected chi connectivity index (χ1v) is 7.76. The second kappa shape index (κ2) is 6.28. The molecule has 0 radical (unpaired) electrons. The van der Waals surface area contributed by atoms with Crippen molar-refractivity contribution in [3.05, 3.63) is 29.5 Å². The van der Waals surface area contributed by atoms with Crippen molar-refractivity contribution in [2.75, 3.05) is 19.7 Å². The fraction of sp³-hybridized carbons (Fsp3) is 0.429. The lowest BCUT2D eigenvalue weighted by atomic mass is 10.1. The summed E-state index contributed by atoms with van der Waals surface area (Å²) in [5.41, 5.74) is 0.699. The number of amides is 2. The molecular weight excluding hydrogens is 290 g/mol. The van der Waals surface area contributed by atoms with Gasteiger partial charge in [-0.1, -0.05) is 6.07 Å². The van der Waals surface area contributed by atoms with E-state index in [1.165, 1.54) is 0 Å². The molecule has 2 aromatic heterocycles. The Morgan fingerprint density at radius 3 is 3.24 bits per heavy atom. The van der Waals surface area contributed by atoms with Gasteiger partial charge in [-0.2, -0.15) is 0 Å². The first-order chi connectivity index (χ1) is 10.3. The Morgan fingerprint density at radius 1 is 1.62 bits per heavy atom. The van der Waals surface area contributed by atoms with Crippen LogP contribution >= 0.6 is 11.3 Å². The minimum Gasteiger partial charge on any atom is -0.443 e. The third kappa shape index (κ3) is 3.25. The molecule has 1 fully saturated rings. The lowest BCUT2D eigenvalue weighted by Crippen LogP contribution is -2.38. The number of carbonyl (C=O) groups excluding carboxylic acids is 1. The molecule has 6 nitrogen and oxygen atoms in total. The summed E-state index contributed by atoms with van der Waals surface area (Å²) in [7, 11) is 0. The number of aromatic nitrogens is 1. The van der Waals surface area contributed by atoms with Gasteiger partial charge in [0.25, 0.3) is 0 Å². The monoisotopic (exact) mass is 307 g/mol. The number of urea groups is 1. The number of rotatable bonds is 4. The van der Waals surface area contributed by atoms with Crippen molar-refractivity contribution in [1.29, 1.82) is 0 Å². The average Bonchev–Trinajstić information content (AvgIpc) is 3.24. The van der Waals surface area contributed by atoms with Gasteiger partial charge < -0.3 is 19.7 Å². The summed E-state index contributed by atoms with van der Waals surface area (Å²) < 4.78 is 5.40. The fourth-order valence-electron chi connectivity index (χ4n) is 2.35. The summed E-state index contributed by atoms with van der Waals surface area (Å²) >= 11 is 1.56. The van der Waals surface area contributed by atoms with Crippen LogP contribution in [0.4, 0.5) is 4.79 Å². The Balaban J connectivity index is 1.52. The largest absolute Gasteiger partial charge is 0.443 e. The zero-order valence-electron chi connectivity index (χ0n) is 11.5. The standard InChI is InChI=1S/C14H17N3O3S/c18-8-10-3-4-17(7-10)14(19)15-6-11-9-20-13(16-11)12-2-1-5-21-12/h1-2,5,9-10,18H,3-4,6-8H2,(H,15,19). The Kier molecular flexibility index (Phi) is 4.21. The van der Waals surface area contributed by atoms with Crippen molar-refractivity contribution in [3.8, 4) is 10.8 Å². The van der Waals surface area contributed by atoms with Crippen LogP contribution in [0.2, 0.25) is 0 Å². The molecule has 1 aliphatic rings. The van der Waals surface area contributed by atoms with Gasteiger partial charge in [0, 0.05) is 25.6 Å². The van der Waals surface area contributed by atoms with E-state index in [1.54, 1.807) is 22.5 Å². The van der Waals surface area contributed by atoms with Gasteiger partial charge in [0.1, 0.15) is 6.26 Å². The minimum atomic E-state index is -0.119. The van der Waals surface area contributed by atoms with E-state index in [0.717, 1.165) is 11.3 Å². The Labute approximate surface area is 126 Å². The first kappa shape index (κ1) is 14.1. The van der Waals surface area contributed by atoms with E-state index in [1.807, 2.05) is 17.5 Å². The summed E-state index contributed by atoms with van der Waals surface area (Å²) in [4.78, 5) is 19.0. The van der Waals surface area contributed by atoms with Crippen LogP contribution in [0, 0.1) is 5.92 Å². The quantitative estimate of drug-likeness (QED) is 0.904. The van der Waals surface area contributed by atoms with E-state index >= 15 is 0 Å². The van der Waals surface area contributed by atoms with E-state index in [0.29, 0.717) is 31.2 Å². The maximum absolute atomic E-state index is 12.0. The molecule has 1 saturated heterocycles. The molecule has 3 heterocycles. The van der Waals surface area contributed by atoms with E-state index in [9.17, 15) is 4.79 Å². The topological polar surface area (TPSA) is 78.6 Å². The number of thiophene rings is 1. The number of aliphatic hydroxyl groups is 1. The third-order valence-electron chi connectivity index (χ3n) is 3.54. The smallest absolute Gasteiger partial charge is 0.317 e. The van der Waals surface area contributed by atoms with Gasteiger partial charge in [0.05, 0.1) is 17.1 Å². The maximum Gasteiger partial charge on any atom is 0.317 e. The lowest BCUT2D eigenvalue weighted by molar-refractivity contribution is 0.198. The Bertz CT molecular complexity index is 596. The van der Waals surface area contributed by atoms with Crippen molar-refractivity contribution in [2.45, 2.75) is 13.0 Å². The molecule has 1 aliphatic heterocycles. The van der Waals surface area contributed by atoms with Crippen molar-refractivity contribution in [1.82, 2.24) is 15.2 Å². The van der Waals surface area contributed by atoms with Crippen molar-refractivity contribution in [2.24, 2.45) is 5.92 Å². The van der Waals surface area contributed by atoms with Gasteiger partial charge in [-0.25, -0.2) is 9.78 Å². The number of likely N-dealkylation sites (tertiary alicyclic amines) is 1. The summed E-state index contributed by atoms with van der Waals surface area (Å²) in [6.07, 6.45) is 2.42. The number of carbonyl (C=O) groups is 1. The Morgan fingerprint density at radius 2 is 2.52 bits per heavy atom. The number of hydrogen-bond donors (Lipinski definition) is 2. The van der Waals surface area contributed by atoms with Crippen LogP contribution in [-0.2, 0) is 6.54 Å². The van der Waals surface area contributed by atoms with Gasteiger partial charge in [-0.3, -0.25) is 0 Å². The maximum atomic E-state index is 12.0. The molecule has 3 rings (SSSR count). The van der Waals surface area contributed by atoms with E-state index < -0.39 is 0 Å². The first-order valence-electron chi connectivity index (χ1n) is 6.88. The lowest BCUT2D eigenvalue weighted by Gasteiger charge is -2.16. The third-order valence-corrected chi connectivity index (χ3v) is 4.39. The molecule has 0 saturated carbocycles. The molecule has 112 valence electrons. The van der Waals surface area contributed by atoms with E-state index in [-0.39, 0.29) is 18.6 Å². The SMILES string of the molecule is O=C(NCc1coc(-c2cccs2)n1)N1CCC(CO)C1. The highest BCUT2D eigenvalue weighted by Gasteiger charge is 2.25. The van der Waals surface area contributed by atoms with Crippen molar-refractivity contribution in [3.63, 3.8) is 0 Å². The molecule has 7 heteroatoms. The number of aliphatic hydroxyl groups excluding tert-OH is 1. The molecule has 2 aromatic rings. The van der Waals surface area contributed by atoms with Gasteiger partial charge >= 0.3 is 6.03 Å². The second-order valence-electron chi connectivity index (χ2n) is 5.06.